The molecule has 3 N–H and O–H groups in total. The summed E-state index contributed by atoms with van der Waals surface area (Å²) in [6.45, 7) is 6.12. The summed E-state index contributed by atoms with van der Waals surface area (Å²) >= 11 is 0. The van der Waals surface area contributed by atoms with Gasteiger partial charge in [-0.1, -0.05) is 6.07 Å². The van der Waals surface area contributed by atoms with Crippen molar-refractivity contribution in [3.8, 4) is 11.5 Å². The van der Waals surface area contributed by atoms with Crippen LogP contribution in [0.25, 0.3) is 0 Å². The van der Waals surface area contributed by atoms with Gasteiger partial charge in [0, 0.05) is 26.2 Å². The molecule has 6 nitrogen and oxygen atoms in total. The van der Waals surface area contributed by atoms with E-state index in [-0.39, 0.29) is 24.0 Å². The van der Waals surface area contributed by atoms with Crippen molar-refractivity contribution in [3.63, 3.8) is 0 Å². The molecule has 1 aliphatic rings. The van der Waals surface area contributed by atoms with Crippen molar-refractivity contribution in [2.75, 3.05) is 33.0 Å². The first-order chi connectivity index (χ1) is 10.8. The van der Waals surface area contributed by atoms with Crippen LogP contribution in [0.3, 0.4) is 0 Å². The molecule has 0 saturated heterocycles. The van der Waals surface area contributed by atoms with Crippen LogP contribution in [0.4, 0.5) is 0 Å². The van der Waals surface area contributed by atoms with Crippen LogP contribution in [0, 0.1) is 0 Å². The molecule has 0 atom stereocenters. The molecule has 0 bridgehead atoms. The third-order valence-electron chi connectivity index (χ3n) is 3.22. The van der Waals surface area contributed by atoms with Crippen molar-refractivity contribution in [3.05, 3.63) is 23.8 Å². The van der Waals surface area contributed by atoms with Gasteiger partial charge in [-0.2, -0.15) is 0 Å². The Labute approximate surface area is 154 Å². The summed E-state index contributed by atoms with van der Waals surface area (Å²) in [5, 5.41) is 3.08. The molecule has 1 aromatic carbocycles. The number of hydrogen-bond acceptors (Lipinski definition) is 4. The Hall–Kier alpha value is -1.22. The Bertz CT molecular complexity index is 497. The summed E-state index contributed by atoms with van der Waals surface area (Å²) in [6, 6.07) is 5.88. The molecule has 0 aromatic heterocycles. The van der Waals surface area contributed by atoms with Crippen LogP contribution in [-0.4, -0.2) is 38.9 Å². The average Bonchev–Trinajstić information content (AvgIpc) is 2.77. The fourth-order valence-electron chi connectivity index (χ4n) is 2.07. The number of fused-ring (bicyclic) bond motifs is 1. The SMILES string of the molecule is CCOCCCNC(N)=NCc1ccc2c(c1)OCCCO2.I. The molecule has 0 amide bonds. The van der Waals surface area contributed by atoms with Crippen molar-refractivity contribution in [2.24, 2.45) is 10.7 Å². The zero-order chi connectivity index (χ0) is 15.6. The highest BCUT2D eigenvalue weighted by molar-refractivity contribution is 14.0. The van der Waals surface area contributed by atoms with E-state index < -0.39 is 0 Å². The molecule has 0 fully saturated rings. The van der Waals surface area contributed by atoms with E-state index in [1.165, 1.54) is 0 Å². The highest BCUT2D eigenvalue weighted by Gasteiger charge is 2.10. The smallest absolute Gasteiger partial charge is 0.188 e. The highest BCUT2D eigenvalue weighted by atomic mass is 127. The Morgan fingerprint density at radius 3 is 2.87 bits per heavy atom. The lowest BCUT2D eigenvalue weighted by Gasteiger charge is -2.09. The second-order valence-corrected chi connectivity index (χ2v) is 5.01. The largest absolute Gasteiger partial charge is 0.490 e. The number of hydrogen-bond donors (Lipinski definition) is 2. The maximum atomic E-state index is 5.84. The van der Waals surface area contributed by atoms with E-state index in [4.69, 9.17) is 19.9 Å². The van der Waals surface area contributed by atoms with E-state index in [1.807, 2.05) is 25.1 Å². The molecule has 0 saturated carbocycles. The molecule has 2 rings (SSSR count). The van der Waals surface area contributed by atoms with Crippen LogP contribution < -0.4 is 20.5 Å². The van der Waals surface area contributed by atoms with Gasteiger partial charge >= 0.3 is 0 Å². The number of rotatable bonds is 7. The summed E-state index contributed by atoms with van der Waals surface area (Å²) in [4.78, 5) is 4.33. The van der Waals surface area contributed by atoms with Crippen molar-refractivity contribution < 1.29 is 14.2 Å². The van der Waals surface area contributed by atoms with Gasteiger partial charge in [0.15, 0.2) is 17.5 Å². The molecule has 1 aromatic rings. The summed E-state index contributed by atoms with van der Waals surface area (Å²) < 4.78 is 16.5. The van der Waals surface area contributed by atoms with Crippen LogP contribution in [0.5, 0.6) is 11.5 Å². The van der Waals surface area contributed by atoms with Gasteiger partial charge in [-0.15, -0.1) is 24.0 Å². The number of ether oxygens (including phenoxy) is 3. The number of guanidine groups is 1. The molecule has 1 heterocycles. The number of aliphatic imine (C=N–C) groups is 1. The number of halogens is 1. The molecular formula is C16H26IN3O3. The summed E-state index contributed by atoms with van der Waals surface area (Å²) in [5.74, 6) is 2.03. The van der Waals surface area contributed by atoms with Crippen molar-refractivity contribution in [2.45, 2.75) is 26.3 Å². The van der Waals surface area contributed by atoms with Gasteiger partial charge in [0.1, 0.15) is 0 Å². The maximum absolute atomic E-state index is 5.84. The fraction of sp³-hybridized carbons (Fsp3) is 0.562. The normalized spacial score (nSPS) is 13.9. The van der Waals surface area contributed by atoms with E-state index >= 15 is 0 Å². The predicted octanol–water partition coefficient (Wildman–Crippen LogP) is 2.30. The van der Waals surface area contributed by atoms with Crippen molar-refractivity contribution >= 4 is 29.9 Å². The van der Waals surface area contributed by atoms with Crippen LogP contribution in [0.15, 0.2) is 23.2 Å². The first-order valence-electron chi connectivity index (χ1n) is 7.79. The minimum absolute atomic E-state index is 0. The van der Waals surface area contributed by atoms with E-state index in [2.05, 4.69) is 10.3 Å². The molecular weight excluding hydrogens is 409 g/mol. The van der Waals surface area contributed by atoms with E-state index in [0.29, 0.717) is 25.7 Å². The molecule has 0 aliphatic carbocycles. The van der Waals surface area contributed by atoms with Gasteiger partial charge < -0.3 is 25.3 Å². The quantitative estimate of drug-likeness (QED) is 0.298. The number of benzene rings is 1. The topological polar surface area (TPSA) is 78.1 Å². The fourth-order valence-corrected chi connectivity index (χ4v) is 2.07. The van der Waals surface area contributed by atoms with E-state index in [1.54, 1.807) is 0 Å². The molecule has 0 radical (unpaired) electrons. The number of nitrogens with zero attached hydrogens (tertiary/aromatic N) is 1. The van der Waals surface area contributed by atoms with Crippen LogP contribution in [-0.2, 0) is 11.3 Å². The lowest BCUT2D eigenvalue weighted by molar-refractivity contribution is 0.145. The number of nitrogens with two attached hydrogens (primary N) is 1. The third kappa shape index (κ3) is 7.26. The Kier molecular flexibility index (Phi) is 9.77. The Balaban J connectivity index is 0.00000264. The van der Waals surface area contributed by atoms with Gasteiger partial charge in [-0.3, -0.25) is 0 Å². The third-order valence-corrected chi connectivity index (χ3v) is 3.22. The molecule has 130 valence electrons. The van der Waals surface area contributed by atoms with Crippen LogP contribution in [0.1, 0.15) is 25.3 Å². The first-order valence-corrected chi connectivity index (χ1v) is 7.79. The van der Waals surface area contributed by atoms with Crippen LogP contribution >= 0.6 is 24.0 Å². The standard InChI is InChI=1S/C16H25N3O3.HI/c1-2-20-8-3-7-18-16(17)19-12-13-5-6-14-15(11-13)22-10-4-9-21-14;/h5-6,11H,2-4,7-10,12H2,1H3,(H3,17,18,19);1H. The molecule has 7 heteroatoms. The maximum Gasteiger partial charge on any atom is 0.188 e. The zero-order valence-corrected chi connectivity index (χ0v) is 15.9. The average molecular weight is 435 g/mol. The summed E-state index contributed by atoms with van der Waals surface area (Å²) in [7, 11) is 0. The second kappa shape index (κ2) is 11.3. The van der Waals surface area contributed by atoms with Crippen molar-refractivity contribution in [1.82, 2.24) is 5.32 Å². The minimum atomic E-state index is 0. The van der Waals surface area contributed by atoms with Gasteiger partial charge in [0.2, 0.25) is 0 Å². The van der Waals surface area contributed by atoms with Crippen LogP contribution in [0.2, 0.25) is 0 Å². The Morgan fingerprint density at radius 2 is 2.09 bits per heavy atom. The molecule has 0 unspecified atom stereocenters. The Morgan fingerprint density at radius 1 is 1.30 bits per heavy atom. The minimum Gasteiger partial charge on any atom is -0.490 e. The lowest BCUT2D eigenvalue weighted by atomic mass is 10.2. The van der Waals surface area contributed by atoms with Crippen molar-refractivity contribution in [1.29, 1.82) is 0 Å². The van der Waals surface area contributed by atoms with Gasteiger partial charge in [-0.05, 0) is 31.0 Å². The molecule has 23 heavy (non-hydrogen) atoms. The van der Waals surface area contributed by atoms with E-state index in [0.717, 1.165) is 49.7 Å². The summed E-state index contributed by atoms with van der Waals surface area (Å²) in [6.07, 6.45) is 1.81. The van der Waals surface area contributed by atoms with Gasteiger partial charge in [0.25, 0.3) is 0 Å². The van der Waals surface area contributed by atoms with Gasteiger partial charge in [-0.25, -0.2) is 4.99 Å². The zero-order valence-electron chi connectivity index (χ0n) is 13.5. The molecule has 1 aliphatic heterocycles. The predicted molar refractivity (Wildman–Crippen MR) is 102 cm³/mol. The lowest BCUT2D eigenvalue weighted by Crippen LogP contribution is -2.32. The first kappa shape index (κ1) is 19.8. The summed E-state index contributed by atoms with van der Waals surface area (Å²) in [5.41, 5.74) is 6.89. The second-order valence-electron chi connectivity index (χ2n) is 5.01. The van der Waals surface area contributed by atoms with E-state index in [9.17, 15) is 0 Å². The highest BCUT2D eigenvalue weighted by Crippen LogP contribution is 2.30. The monoisotopic (exact) mass is 435 g/mol. The van der Waals surface area contributed by atoms with Gasteiger partial charge in [0.05, 0.1) is 19.8 Å². The molecule has 0 spiro atoms. The number of nitrogens with one attached hydrogen (secondary N) is 1.